The summed E-state index contributed by atoms with van der Waals surface area (Å²) < 4.78 is 47.9. The van der Waals surface area contributed by atoms with E-state index in [1.807, 2.05) is 0 Å². The fourth-order valence-corrected chi connectivity index (χ4v) is 3.74. The average molecular weight is 486 g/mol. The smallest absolute Gasteiger partial charge is 0.416 e. The molecule has 1 aromatic carbocycles. The predicted molar refractivity (Wildman–Crippen MR) is 119 cm³/mol. The number of aromatic nitrogens is 5. The number of carbonyl (C=O) groups is 1. The zero-order valence-corrected chi connectivity index (χ0v) is 19.1. The summed E-state index contributed by atoms with van der Waals surface area (Å²) >= 11 is 0. The van der Waals surface area contributed by atoms with Gasteiger partial charge in [-0.2, -0.15) is 17.9 Å². The van der Waals surface area contributed by atoms with Gasteiger partial charge in [0.15, 0.2) is 5.82 Å². The molecule has 3 aromatic rings. The number of ether oxygens (including phenoxy) is 1. The van der Waals surface area contributed by atoms with Crippen molar-refractivity contribution < 1.29 is 22.7 Å². The van der Waals surface area contributed by atoms with Gasteiger partial charge >= 0.3 is 6.18 Å². The molecule has 0 spiro atoms. The Balaban J connectivity index is 1.43. The number of nitrogens with zero attached hydrogens (tertiary/aromatic N) is 6. The van der Waals surface area contributed by atoms with E-state index in [1.54, 1.807) is 30.3 Å². The van der Waals surface area contributed by atoms with Crippen LogP contribution < -0.4 is 4.74 Å². The van der Waals surface area contributed by atoms with Crippen molar-refractivity contribution in [2.45, 2.75) is 44.8 Å². The summed E-state index contributed by atoms with van der Waals surface area (Å²) in [5.41, 5.74) is -0.972. The third-order valence-corrected chi connectivity index (χ3v) is 6.18. The Kier molecular flexibility index (Phi) is 6.16. The highest BCUT2D eigenvalue weighted by Gasteiger charge is 2.36. The van der Waals surface area contributed by atoms with Gasteiger partial charge in [0.1, 0.15) is 12.1 Å². The molecule has 2 fully saturated rings. The molecule has 5 rings (SSSR count). The number of halogens is 3. The van der Waals surface area contributed by atoms with Crippen LogP contribution in [0.4, 0.5) is 13.2 Å². The third kappa shape index (κ3) is 5.60. The number of benzene rings is 1. The van der Waals surface area contributed by atoms with Crippen LogP contribution in [0.5, 0.6) is 5.75 Å². The largest absolute Gasteiger partial charge is 0.493 e. The molecule has 0 radical (unpaired) electrons. The van der Waals surface area contributed by atoms with Gasteiger partial charge in [0.25, 0.3) is 11.9 Å². The maximum Gasteiger partial charge on any atom is 0.416 e. The number of carbonyl (C=O) groups excluding carboxylic acids is 1. The molecule has 11 heteroatoms. The van der Waals surface area contributed by atoms with E-state index in [1.165, 1.54) is 17.1 Å². The van der Waals surface area contributed by atoms with E-state index < -0.39 is 23.7 Å². The van der Waals surface area contributed by atoms with Crippen molar-refractivity contribution in [3.05, 3.63) is 59.9 Å². The minimum absolute atomic E-state index is 0.0535. The highest BCUT2D eigenvalue weighted by atomic mass is 19.4. The Morgan fingerprint density at radius 1 is 1.11 bits per heavy atom. The summed E-state index contributed by atoms with van der Waals surface area (Å²) in [7, 11) is 0. The Bertz CT molecular complexity index is 1190. The molecule has 0 N–H and O–H groups in total. The molecule has 8 nitrogen and oxygen atoms in total. The van der Waals surface area contributed by atoms with E-state index >= 15 is 0 Å². The summed E-state index contributed by atoms with van der Waals surface area (Å²) in [5, 5.41) is 4.42. The van der Waals surface area contributed by atoms with Gasteiger partial charge in [-0.25, -0.2) is 15.0 Å². The number of hydrogen-bond donors (Lipinski definition) is 0. The third-order valence-electron chi connectivity index (χ3n) is 6.18. The van der Waals surface area contributed by atoms with Crippen LogP contribution in [0.3, 0.4) is 0 Å². The van der Waals surface area contributed by atoms with Gasteiger partial charge in [-0.3, -0.25) is 4.79 Å². The van der Waals surface area contributed by atoms with Crippen molar-refractivity contribution in [1.29, 1.82) is 0 Å². The normalized spacial score (nSPS) is 16.7. The number of amides is 1. The lowest BCUT2D eigenvalue weighted by Crippen LogP contribution is -2.36. The molecule has 1 amide bonds. The van der Waals surface area contributed by atoms with Crippen LogP contribution in [0, 0.1) is 11.8 Å². The van der Waals surface area contributed by atoms with Crippen LogP contribution in [-0.4, -0.2) is 48.7 Å². The quantitative estimate of drug-likeness (QED) is 0.443. The van der Waals surface area contributed by atoms with Crippen LogP contribution in [0.2, 0.25) is 0 Å². The summed E-state index contributed by atoms with van der Waals surface area (Å²) in [6.07, 6.45) is 3.95. The molecule has 2 aliphatic carbocycles. The lowest BCUT2D eigenvalue weighted by molar-refractivity contribution is -0.137. The molecule has 2 aliphatic rings. The minimum atomic E-state index is -4.60. The first kappa shape index (κ1) is 23.3. The van der Waals surface area contributed by atoms with Crippen LogP contribution >= 0.6 is 0 Å². The van der Waals surface area contributed by atoms with Crippen molar-refractivity contribution >= 4 is 5.91 Å². The van der Waals surface area contributed by atoms with Crippen LogP contribution in [0.15, 0.2) is 43.0 Å². The maximum atomic E-state index is 13.6. The summed E-state index contributed by atoms with van der Waals surface area (Å²) in [5.74, 6) is 0.886. The average Bonchev–Trinajstić information content (AvgIpc) is 3.79. The number of rotatable bonds is 9. The highest BCUT2D eigenvalue weighted by Crippen LogP contribution is 2.37. The van der Waals surface area contributed by atoms with Crippen LogP contribution in [0.1, 0.15) is 60.4 Å². The molecule has 2 heterocycles. The Labute approximate surface area is 200 Å². The van der Waals surface area contributed by atoms with Crippen LogP contribution in [0.25, 0.3) is 5.95 Å². The van der Waals surface area contributed by atoms with E-state index in [4.69, 9.17) is 4.74 Å². The van der Waals surface area contributed by atoms with Crippen molar-refractivity contribution in [2.75, 3.05) is 13.2 Å². The predicted octanol–water partition coefficient (Wildman–Crippen LogP) is 4.48. The highest BCUT2D eigenvalue weighted by molar-refractivity contribution is 5.95. The van der Waals surface area contributed by atoms with Gasteiger partial charge in [0.05, 0.1) is 18.2 Å². The van der Waals surface area contributed by atoms with Crippen LogP contribution in [-0.2, 0) is 6.18 Å². The van der Waals surface area contributed by atoms with Crippen molar-refractivity contribution in [1.82, 2.24) is 29.6 Å². The van der Waals surface area contributed by atoms with Crippen molar-refractivity contribution in [3.63, 3.8) is 0 Å². The lowest BCUT2D eigenvalue weighted by atomic mass is 10.1. The fraction of sp³-hybridized carbons (Fsp3) is 0.458. The fourth-order valence-electron chi connectivity index (χ4n) is 3.74. The lowest BCUT2D eigenvalue weighted by Gasteiger charge is -2.28. The molecule has 35 heavy (non-hydrogen) atoms. The summed E-state index contributed by atoms with van der Waals surface area (Å²) in [6.45, 7) is 2.52. The van der Waals surface area contributed by atoms with Crippen molar-refractivity contribution in [2.24, 2.45) is 11.8 Å². The second-order valence-corrected chi connectivity index (χ2v) is 9.17. The van der Waals surface area contributed by atoms with E-state index in [0.29, 0.717) is 36.8 Å². The van der Waals surface area contributed by atoms with E-state index in [-0.39, 0.29) is 11.3 Å². The van der Waals surface area contributed by atoms with Crippen molar-refractivity contribution in [3.8, 4) is 11.7 Å². The number of hydrogen-bond acceptors (Lipinski definition) is 6. The van der Waals surface area contributed by atoms with E-state index in [9.17, 15) is 18.0 Å². The van der Waals surface area contributed by atoms with Gasteiger partial charge < -0.3 is 9.64 Å². The van der Waals surface area contributed by atoms with Gasteiger partial charge in [-0.1, -0.05) is 0 Å². The molecular weight excluding hydrogens is 461 g/mol. The first-order chi connectivity index (χ1) is 16.8. The maximum absolute atomic E-state index is 13.6. The molecule has 184 valence electrons. The van der Waals surface area contributed by atoms with Gasteiger partial charge in [-0.05, 0) is 68.7 Å². The number of alkyl halides is 3. The second-order valence-electron chi connectivity index (χ2n) is 9.17. The molecule has 2 aromatic heterocycles. The topological polar surface area (TPSA) is 86.0 Å². The molecule has 1 unspecified atom stereocenters. The summed E-state index contributed by atoms with van der Waals surface area (Å²) in [6, 6.07) is 4.35. The molecule has 0 saturated heterocycles. The van der Waals surface area contributed by atoms with Gasteiger partial charge in [0.2, 0.25) is 0 Å². The molecule has 0 aliphatic heterocycles. The minimum Gasteiger partial charge on any atom is -0.493 e. The van der Waals surface area contributed by atoms with Gasteiger partial charge in [0, 0.05) is 24.5 Å². The SMILES string of the molecule is CC(c1ncn(-c2ncccn2)n1)N(CC1CC1)C(=O)c1cc(OCC2CC2)cc(C(F)(F)F)c1. The summed E-state index contributed by atoms with van der Waals surface area (Å²) in [4.78, 5) is 27.7. The molecule has 0 bridgehead atoms. The zero-order chi connectivity index (χ0) is 24.6. The zero-order valence-electron chi connectivity index (χ0n) is 19.1. The Hall–Kier alpha value is -3.50. The Morgan fingerprint density at radius 3 is 2.49 bits per heavy atom. The first-order valence-electron chi connectivity index (χ1n) is 11.6. The molecule has 1 atom stereocenters. The molecule has 2 saturated carbocycles. The second kappa shape index (κ2) is 9.27. The monoisotopic (exact) mass is 486 g/mol. The standard InChI is InChI=1S/C24H25F3N6O2/c1-15(21-30-14-33(31-21)23-28-7-2-8-29-23)32(12-16-3-4-16)22(34)18-9-19(24(25,26)27)11-20(10-18)35-13-17-5-6-17/h2,7-11,14-17H,3-6,12-13H2,1H3. The molecular formula is C24H25F3N6O2. The van der Waals surface area contributed by atoms with E-state index in [0.717, 1.165) is 37.8 Å². The van der Waals surface area contributed by atoms with E-state index in [2.05, 4.69) is 20.1 Å². The first-order valence-corrected chi connectivity index (χ1v) is 11.6. The van der Waals surface area contributed by atoms with Gasteiger partial charge in [-0.15, -0.1) is 5.10 Å². The Morgan fingerprint density at radius 2 is 1.83 bits per heavy atom.